The van der Waals surface area contributed by atoms with Gasteiger partial charge in [-0.1, -0.05) is 13.8 Å². The van der Waals surface area contributed by atoms with E-state index in [1.807, 2.05) is 0 Å². The summed E-state index contributed by atoms with van der Waals surface area (Å²) in [5.74, 6) is 0.704. The molecule has 2 heteroatoms. The molecule has 1 heterocycles. The largest absolute Gasteiger partial charge is 0.359 e. The summed E-state index contributed by atoms with van der Waals surface area (Å²) in [6.07, 6.45) is 3.77. The first-order chi connectivity index (χ1) is 5.22. The van der Waals surface area contributed by atoms with E-state index in [-0.39, 0.29) is 5.72 Å². The molecule has 1 saturated carbocycles. The average Bonchev–Trinajstić information content (AvgIpc) is 2.28. The van der Waals surface area contributed by atoms with Crippen LogP contribution in [-0.2, 0) is 4.74 Å². The lowest BCUT2D eigenvalue weighted by molar-refractivity contribution is -0.0707. The lowest BCUT2D eigenvalue weighted by atomic mass is 9.88. The fourth-order valence-corrected chi connectivity index (χ4v) is 1.82. The molecule has 0 bridgehead atoms. The van der Waals surface area contributed by atoms with Crippen LogP contribution < -0.4 is 5.32 Å². The summed E-state index contributed by atoms with van der Waals surface area (Å²) >= 11 is 0. The molecule has 0 aromatic carbocycles. The normalized spacial score (nSPS) is 34.6. The molecular weight excluding hydrogens is 138 g/mol. The van der Waals surface area contributed by atoms with E-state index in [1.54, 1.807) is 0 Å². The lowest BCUT2D eigenvalue weighted by Crippen LogP contribution is -2.50. The first kappa shape index (κ1) is 7.56. The van der Waals surface area contributed by atoms with Crippen LogP contribution in [0.2, 0.25) is 0 Å². The van der Waals surface area contributed by atoms with Crippen molar-refractivity contribution >= 4 is 0 Å². The minimum Gasteiger partial charge on any atom is -0.359 e. The molecule has 1 unspecified atom stereocenters. The lowest BCUT2D eigenvalue weighted by Gasteiger charge is -2.37. The fraction of sp³-hybridized carbons (Fsp3) is 1.00. The molecule has 1 aliphatic heterocycles. The second kappa shape index (κ2) is 2.46. The fourth-order valence-electron chi connectivity index (χ4n) is 1.82. The maximum atomic E-state index is 5.74. The zero-order valence-electron chi connectivity index (χ0n) is 7.39. The van der Waals surface area contributed by atoms with Gasteiger partial charge in [0.05, 0.1) is 6.61 Å². The third-order valence-corrected chi connectivity index (χ3v) is 2.95. The van der Waals surface area contributed by atoms with Crippen LogP contribution in [0.3, 0.4) is 0 Å². The third-order valence-electron chi connectivity index (χ3n) is 2.95. The summed E-state index contributed by atoms with van der Waals surface area (Å²) in [7, 11) is 0. The minimum absolute atomic E-state index is 0.120. The van der Waals surface area contributed by atoms with Crippen molar-refractivity contribution in [1.82, 2.24) is 5.32 Å². The van der Waals surface area contributed by atoms with Gasteiger partial charge in [0.2, 0.25) is 0 Å². The van der Waals surface area contributed by atoms with Crippen LogP contribution in [-0.4, -0.2) is 18.4 Å². The topological polar surface area (TPSA) is 21.3 Å². The van der Waals surface area contributed by atoms with Crippen LogP contribution in [0, 0.1) is 5.92 Å². The molecule has 0 amide bonds. The van der Waals surface area contributed by atoms with Crippen LogP contribution in [0.15, 0.2) is 0 Å². The second-order valence-corrected chi connectivity index (χ2v) is 4.15. The van der Waals surface area contributed by atoms with Crippen LogP contribution in [0.5, 0.6) is 0 Å². The Kier molecular flexibility index (Phi) is 1.69. The van der Waals surface area contributed by atoms with Gasteiger partial charge < -0.3 is 4.74 Å². The van der Waals surface area contributed by atoms with Gasteiger partial charge in [-0.3, -0.25) is 5.32 Å². The Balaban J connectivity index is 1.93. The quantitative estimate of drug-likeness (QED) is 0.619. The van der Waals surface area contributed by atoms with Gasteiger partial charge >= 0.3 is 0 Å². The third kappa shape index (κ3) is 1.18. The Morgan fingerprint density at radius 3 is 2.45 bits per heavy atom. The first-order valence-corrected chi connectivity index (χ1v) is 4.63. The average molecular weight is 155 g/mol. The standard InChI is InChI=1S/C9H17NO/c1-7(2)8-6-11-9(10-8)4-3-5-9/h7-8,10H,3-6H2,1-2H3. The molecule has 1 spiro atoms. The van der Waals surface area contributed by atoms with Gasteiger partial charge in [-0.05, 0) is 25.2 Å². The Morgan fingerprint density at radius 2 is 2.18 bits per heavy atom. The van der Waals surface area contributed by atoms with E-state index in [0.29, 0.717) is 12.0 Å². The van der Waals surface area contributed by atoms with Gasteiger partial charge in [0.25, 0.3) is 0 Å². The molecule has 2 fully saturated rings. The Bertz CT molecular complexity index is 152. The van der Waals surface area contributed by atoms with Crippen molar-refractivity contribution in [2.24, 2.45) is 5.92 Å². The van der Waals surface area contributed by atoms with Crippen molar-refractivity contribution < 1.29 is 4.74 Å². The van der Waals surface area contributed by atoms with E-state index in [0.717, 1.165) is 6.61 Å². The molecule has 1 aliphatic carbocycles. The van der Waals surface area contributed by atoms with Gasteiger partial charge in [0, 0.05) is 6.04 Å². The van der Waals surface area contributed by atoms with E-state index in [2.05, 4.69) is 19.2 Å². The monoisotopic (exact) mass is 155 g/mol. The van der Waals surface area contributed by atoms with E-state index in [1.165, 1.54) is 19.3 Å². The zero-order chi connectivity index (χ0) is 7.90. The summed E-state index contributed by atoms with van der Waals surface area (Å²) in [5, 5.41) is 3.58. The van der Waals surface area contributed by atoms with Gasteiger partial charge in [-0.15, -0.1) is 0 Å². The van der Waals surface area contributed by atoms with E-state index < -0.39 is 0 Å². The van der Waals surface area contributed by atoms with Crippen molar-refractivity contribution in [2.45, 2.75) is 44.9 Å². The highest BCUT2D eigenvalue weighted by Crippen LogP contribution is 2.37. The molecule has 0 aromatic heterocycles. The highest BCUT2D eigenvalue weighted by atomic mass is 16.5. The SMILES string of the molecule is CC(C)C1COC2(CCC2)N1. The molecule has 1 N–H and O–H groups in total. The van der Waals surface area contributed by atoms with Crippen LogP contribution >= 0.6 is 0 Å². The van der Waals surface area contributed by atoms with E-state index in [9.17, 15) is 0 Å². The summed E-state index contributed by atoms with van der Waals surface area (Å²) in [6.45, 7) is 5.41. The molecule has 1 atom stereocenters. The van der Waals surface area contributed by atoms with E-state index in [4.69, 9.17) is 4.74 Å². The maximum Gasteiger partial charge on any atom is 0.119 e. The predicted octanol–water partition coefficient (Wildman–Crippen LogP) is 1.51. The molecule has 11 heavy (non-hydrogen) atoms. The molecule has 2 aliphatic rings. The van der Waals surface area contributed by atoms with Crippen molar-refractivity contribution in [3.63, 3.8) is 0 Å². The highest BCUT2D eigenvalue weighted by molar-refractivity contribution is 4.95. The zero-order valence-corrected chi connectivity index (χ0v) is 7.39. The number of ether oxygens (including phenoxy) is 1. The van der Waals surface area contributed by atoms with Gasteiger partial charge in [-0.25, -0.2) is 0 Å². The van der Waals surface area contributed by atoms with Crippen LogP contribution in [0.25, 0.3) is 0 Å². The molecular formula is C9H17NO. The summed E-state index contributed by atoms with van der Waals surface area (Å²) in [4.78, 5) is 0. The molecule has 2 nitrogen and oxygen atoms in total. The molecule has 2 rings (SSSR count). The Labute approximate surface area is 68.3 Å². The minimum atomic E-state index is 0.120. The van der Waals surface area contributed by atoms with Gasteiger partial charge in [0.1, 0.15) is 5.72 Å². The van der Waals surface area contributed by atoms with Crippen molar-refractivity contribution in [2.75, 3.05) is 6.61 Å². The summed E-state index contributed by atoms with van der Waals surface area (Å²) in [6, 6.07) is 0.593. The van der Waals surface area contributed by atoms with Crippen LogP contribution in [0.1, 0.15) is 33.1 Å². The van der Waals surface area contributed by atoms with Gasteiger partial charge in [0.15, 0.2) is 0 Å². The summed E-state index contributed by atoms with van der Waals surface area (Å²) < 4.78 is 5.74. The number of nitrogens with one attached hydrogen (secondary N) is 1. The highest BCUT2D eigenvalue weighted by Gasteiger charge is 2.44. The predicted molar refractivity (Wildman–Crippen MR) is 44.3 cm³/mol. The van der Waals surface area contributed by atoms with Crippen molar-refractivity contribution in [1.29, 1.82) is 0 Å². The molecule has 0 aromatic rings. The van der Waals surface area contributed by atoms with E-state index >= 15 is 0 Å². The molecule has 1 saturated heterocycles. The molecule has 64 valence electrons. The van der Waals surface area contributed by atoms with Crippen LogP contribution in [0.4, 0.5) is 0 Å². The number of hydrogen-bond acceptors (Lipinski definition) is 2. The second-order valence-electron chi connectivity index (χ2n) is 4.15. The van der Waals surface area contributed by atoms with Crippen molar-refractivity contribution in [3.05, 3.63) is 0 Å². The smallest absolute Gasteiger partial charge is 0.119 e. The Hall–Kier alpha value is -0.0800. The number of rotatable bonds is 1. The van der Waals surface area contributed by atoms with Crippen molar-refractivity contribution in [3.8, 4) is 0 Å². The summed E-state index contributed by atoms with van der Waals surface area (Å²) in [5.41, 5.74) is 0.120. The Morgan fingerprint density at radius 1 is 1.45 bits per heavy atom. The maximum absolute atomic E-state index is 5.74. The van der Waals surface area contributed by atoms with Gasteiger partial charge in [-0.2, -0.15) is 0 Å². The number of hydrogen-bond donors (Lipinski definition) is 1. The first-order valence-electron chi connectivity index (χ1n) is 4.63. The molecule has 0 radical (unpaired) electrons.